The summed E-state index contributed by atoms with van der Waals surface area (Å²) < 4.78 is 5.32. The zero-order valence-corrected chi connectivity index (χ0v) is 16.6. The first-order valence-corrected chi connectivity index (χ1v) is 10.7. The maximum atomic E-state index is 10.9. The zero-order chi connectivity index (χ0) is 17.8. The average molecular weight is 347 g/mol. The van der Waals surface area contributed by atoms with Crippen LogP contribution in [0.1, 0.15) is 71.6 Å². The summed E-state index contributed by atoms with van der Waals surface area (Å²) in [4.78, 5) is 0. The largest absolute Gasteiger partial charge is 0.387 e. The molecule has 4 aliphatic rings. The molecule has 8 atom stereocenters. The Morgan fingerprint density at radius 2 is 1.80 bits per heavy atom. The van der Waals surface area contributed by atoms with E-state index in [-0.39, 0.29) is 0 Å². The van der Waals surface area contributed by atoms with E-state index in [1.54, 1.807) is 7.11 Å². The molecule has 0 amide bonds. The predicted octanol–water partition coefficient (Wildman–Crippen LogP) is 5.21. The van der Waals surface area contributed by atoms with Crippen LogP contribution in [0, 0.1) is 40.9 Å². The van der Waals surface area contributed by atoms with Gasteiger partial charge in [0.2, 0.25) is 0 Å². The van der Waals surface area contributed by atoms with Crippen LogP contribution < -0.4 is 0 Å². The number of methoxy groups -OCH3 is 1. The SMILES string of the molecule is C=C(C)[C@H]1CC[C@H]2[C@@H]3CCC4C[C@@](O)(COC)CC[C@@H]4[C@H]3CC[C@]12C. The molecule has 0 aromatic heterocycles. The molecule has 4 rings (SSSR count). The molecule has 2 heteroatoms. The first kappa shape index (κ1) is 18.0. The van der Waals surface area contributed by atoms with Crippen molar-refractivity contribution in [1.29, 1.82) is 0 Å². The normalized spacial score (nSPS) is 52.2. The molecule has 0 radical (unpaired) electrons. The van der Waals surface area contributed by atoms with Gasteiger partial charge < -0.3 is 9.84 Å². The maximum absolute atomic E-state index is 10.9. The molecule has 0 heterocycles. The summed E-state index contributed by atoms with van der Waals surface area (Å²) in [6.45, 7) is 9.71. The Hall–Kier alpha value is -0.340. The van der Waals surface area contributed by atoms with Crippen molar-refractivity contribution in [2.75, 3.05) is 13.7 Å². The maximum Gasteiger partial charge on any atom is 0.0882 e. The highest BCUT2D eigenvalue weighted by atomic mass is 16.5. The molecule has 4 fully saturated rings. The van der Waals surface area contributed by atoms with Crippen LogP contribution in [0.15, 0.2) is 12.2 Å². The van der Waals surface area contributed by atoms with E-state index < -0.39 is 5.60 Å². The summed E-state index contributed by atoms with van der Waals surface area (Å²) in [5.74, 6) is 5.15. The average Bonchev–Trinajstić information content (AvgIpc) is 2.91. The number of aliphatic hydroxyl groups is 1. The molecule has 0 aromatic rings. The van der Waals surface area contributed by atoms with E-state index in [2.05, 4.69) is 20.4 Å². The van der Waals surface area contributed by atoms with Crippen LogP contribution in [0.4, 0.5) is 0 Å². The van der Waals surface area contributed by atoms with E-state index in [0.29, 0.717) is 12.0 Å². The van der Waals surface area contributed by atoms with Crippen molar-refractivity contribution in [3.8, 4) is 0 Å². The number of rotatable bonds is 3. The van der Waals surface area contributed by atoms with Gasteiger partial charge in [0.25, 0.3) is 0 Å². The van der Waals surface area contributed by atoms with Crippen LogP contribution in [0.2, 0.25) is 0 Å². The summed E-state index contributed by atoms with van der Waals surface area (Å²) in [5.41, 5.74) is 1.40. The van der Waals surface area contributed by atoms with Crippen LogP contribution in [0.5, 0.6) is 0 Å². The van der Waals surface area contributed by atoms with Crippen molar-refractivity contribution in [3.05, 3.63) is 12.2 Å². The lowest BCUT2D eigenvalue weighted by Gasteiger charge is -2.57. The standard InChI is InChI=1S/C23H38O2/c1-15(2)20-7-8-21-19-6-5-16-13-23(24,14-25-4)12-10-17(16)18(19)9-11-22(20,21)3/h16-21,24H,1,5-14H2,2-4H3/t16?,17-,18+,19+,20+,21-,22+,23+/m0/s1. The summed E-state index contributed by atoms with van der Waals surface area (Å²) in [6.07, 6.45) is 11.5. The second-order valence-electron chi connectivity index (χ2n) is 10.4. The van der Waals surface area contributed by atoms with E-state index in [0.717, 1.165) is 48.3 Å². The second kappa shape index (κ2) is 6.37. The molecule has 0 aromatic carbocycles. The molecule has 4 saturated carbocycles. The molecule has 0 spiro atoms. The van der Waals surface area contributed by atoms with Gasteiger partial charge in [-0.25, -0.2) is 0 Å². The van der Waals surface area contributed by atoms with Crippen molar-refractivity contribution < 1.29 is 9.84 Å². The van der Waals surface area contributed by atoms with E-state index in [1.807, 2.05) is 0 Å². The Morgan fingerprint density at radius 1 is 1.04 bits per heavy atom. The van der Waals surface area contributed by atoms with Gasteiger partial charge in [-0.15, -0.1) is 0 Å². The highest BCUT2D eigenvalue weighted by Crippen LogP contribution is 2.65. The molecule has 1 unspecified atom stereocenters. The van der Waals surface area contributed by atoms with Gasteiger partial charge in [-0.05, 0) is 106 Å². The van der Waals surface area contributed by atoms with E-state index >= 15 is 0 Å². The lowest BCUT2D eigenvalue weighted by molar-refractivity contribution is -0.123. The van der Waals surface area contributed by atoms with Gasteiger partial charge in [0.05, 0.1) is 12.2 Å². The predicted molar refractivity (Wildman–Crippen MR) is 102 cm³/mol. The number of hydrogen-bond acceptors (Lipinski definition) is 2. The summed E-state index contributed by atoms with van der Waals surface area (Å²) in [6, 6.07) is 0. The van der Waals surface area contributed by atoms with Gasteiger partial charge in [0.15, 0.2) is 0 Å². The van der Waals surface area contributed by atoms with E-state index in [1.165, 1.54) is 50.5 Å². The molecule has 1 N–H and O–H groups in total. The van der Waals surface area contributed by atoms with Gasteiger partial charge in [0, 0.05) is 7.11 Å². The van der Waals surface area contributed by atoms with E-state index in [4.69, 9.17) is 4.74 Å². The lowest BCUT2D eigenvalue weighted by Crippen LogP contribution is -2.51. The fourth-order valence-corrected chi connectivity index (χ4v) is 8.17. The Bertz CT molecular complexity index is 528. The highest BCUT2D eigenvalue weighted by molar-refractivity contribution is 5.14. The van der Waals surface area contributed by atoms with Crippen LogP contribution in [0.3, 0.4) is 0 Å². The molecule has 0 saturated heterocycles. The van der Waals surface area contributed by atoms with Crippen molar-refractivity contribution in [3.63, 3.8) is 0 Å². The number of fused-ring (bicyclic) bond motifs is 5. The fourth-order valence-electron chi connectivity index (χ4n) is 8.17. The smallest absolute Gasteiger partial charge is 0.0882 e. The Balaban J connectivity index is 1.51. The van der Waals surface area contributed by atoms with Crippen molar-refractivity contribution >= 4 is 0 Å². The van der Waals surface area contributed by atoms with Crippen LogP contribution in [-0.2, 0) is 4.74 Å². The molecule has 4 aliphatic carbocycles. The monoisotopic (exact) mass is 346 g/mol. The van der Waals surface area contributed by atoms with Crippen molar-refractivity contribution in [2.24, 2.45) is 40.9 Å². The molecule has 2 nitrogen and oxygen atoms in total. The van der Waals surface area contributed by atoms with Crippen LogP contribution >= 0.6 is 0 Å². The minimum Gasteiger partial charge on any atom is -0.387 e. The van der Waals surface area contributed by atoms with Crippen molar-refractivity contribution in [2.45, 2.75) is 77.2 Å². The first-order valence-electron chi connectivity index (χ1n) is 10.7. The molecule has 0 aliphatic heterocycles. The third-order valence-electron chi connectivity index (χ3n) is 9.11. The first-order chi connectivity index (χ1) is 11.9. The Labute approximate surface area is 154 Å². The number of allylic oxidation sites excluding steroid dienone is 1. The lowest BCUT2D eigenvalue weighted by atomic mass is 9.49. The third-order valence-corrected chi connectivity index (χ3v) is 9.11. The molecule has 0 bridgehead atoms. The minimum absolute atomic E-state index is 0.519. The highest BCUT2D eigenvalue weighted by Gasteiger charge is 2.57. The zero-order valence-electron chi connectivity index (χ0n) is 16.6. The van der Waals surface area contributed by atoms with Crippen molar-refractivity contribution in [1.82, 2.24) is 0 Å². The summed E-state index contributed by atoms with van der Waals surface area (Å²) in [7, 11) is 1.72. The summed E-state index contributed by atoms with van der Waals surface area (Å²) in [5, 5.41) is 10.9. The number of ether oxygens (including phenoxy) is 1. The van der Waals surface area contributed by atoms with Gasteiger partial charge in [0.1, 0.15) is 0 Å². The van der Waals surface area contributed by atoms with Gasteiger partial charge in [-0.1, -0.05) is 19.1 Å². The topological polar surface area (TPSA) is 29.5 Å². The number of hydrogen-bond donors (Lipinski definition) is 1. The fraction of sp³-hybridized carbons (Fsp3) is 0.913. The van der Waals surface area contributed by atoms with Gasteiger partial charge in [-0.2, -0.15) is 0 Å². The molecule has 25 heavy (non-hydrogen) atoms. The molecular weight excluding hydrogens is 308 g/mol. The third kappa shape index (κ3) is 2.83. The minimum atomic E-state index is -0.551. The van der Waals surface area contributed by atoms with Gasteiger partial charge in [-0.3, -0.25) is 0 Å². The Kier molecular flexibility index (Phi) is 4.60. The quantitative estimate of drug-likeness (QED) is 0.711. The molecular formula is C23H38O2. The Morgan fingerprint density at radius 3 is 2.52 bits per heavy atom. The van der Waals surface area contributed by atoms with E-state index in [9.17, 15) is 5.11 Å². The second-order valence-corrected chi connectivity index (χ2v) is 10.4. The van der Waals surface area contributed by atoms with Gasteiger partial charge >= 0.3 is 0 Å². The summed E-state index contributed by atoms with van der Waals surface area (Å²) >= 11 is 0. The molecule has 142 valence electrons. The van der Waals surface area contributed by atoms with Crippen LogP contribution in [0.25, 0.3) is 0 Å². The van der Waals surface area contributed by atoms with Crippen LogP contribution in [-0.4, -0.2) is 24.4 Å².